The number of para-hydroxylation sites is 3. The minimum Gasteiger partial charge on any atom is -0.469 e. The molecule has 0 unspecified atom stereocenters. The standard InChI is InChI=1S/C8H6N2.C8H6O.C8H10.C7H9N.C7H6O2.C7H8O.C7H8S.C6H7NO.C6H7NS.C5H7NS2.20C2H6/c1-2-4-8-7(3-1)5-6-9-10-8;1-2-4-8-7(3-1)5-6-9-8;1-3-7-5-2-6-8(7)4-1;1-2-6-4-5-8-7(6)3-1;1-2-4-7-6(3-1)8-5-9-7;2*1-2-6-4-5-8-7(6)3-1;2*1-2-5-6(3-1)8-4-7-5;1-2-7-5-4(1)6-3-8-5;20*1-2/h1-6H;1-6H;1,3H,2,4-6H2;5H,1-4H2;1-4H,5H2;2*4-5H,1-3H2;2*4H,1-3H2;6H,1-3H2;20*1-2H3. The minimum atomic E-state index is 0.360. The first-order valence-electron chi connectivity index (χ1n) is 49.9. The lowest BCUT2D eigenvalue weighted by Crippen LogP contribution is -2.05. The van der Waals surface area contributed by atoms with Gasteiger partial charge < -0.3 is 28.0 Å². The maximum atomic E-state index is 5.18. The summed E-state index contributed by atoms with van der Waals surface area (Å²) in [4.78, 5) is 15.6. The maximum absolute atomic E-state index is 5.18. The third-order valence-electron chi connectivity index (χ3n) is 15.8. The number of aryl methyl sites for hydroxylation is 8. The normalized spacial score (nSPS) is 12.7. The molecule has 9 aromatic rings. The van der Waals surface area contributed by atoms with Crippen molar-refractivity contribution in [3.8, 4) is 11.5 Å². The predicted molar refractivity (Wildman–Crippen MR) is 573 cm³/mol. The van der Waals surface area contributed by atoms with Crippen molar-refractivity contribution in [1.82, 2.24) is 25.5 Å². The summed E-state index contributed by atoms with van der Waals surface area (Å²) in [6.45, 7) is 80.4. The third kappa shape index (κ3) is 60.7. The Morgan fingerprint density at radius 2 is 0.895 bits per heavy atom. The molecule has 11 aliphatic rings. The van der Waals surface area contributed by atoms with Gasteiger partial charge in [-0.3, -0.25) is 4.99 Å². The quantitative estimate of drug-likeness (QED) is 0.155. The van der Waals surface area contributed by atoms with E-state index in [1.807, 2.05) is 408 Å². The Balaban J connectivity index is -0.000000139. The minimum absolute atomic E-state index is 0.360. The number of aromatic nitrogens is 4. The molecule has 0 radical (unpaired) electrons. The molecule has 11 nitrogen and oxygen atoms in total. The third-order valence-corrected chi connectivity index (χ3v) is 20.2. The molecule has 0 saturated heterocycles. The van der Waals surface area contributed by atoms with Gasteiger partial charge >= 0.3 is 0 Å². The van der Waals surface area contributed by atoms with Gasteiger partial charge in [0.2, 0.25) is 6.79 Å². The summed E-state index contributed by atoms with van der Waals surface area (Å²) in [7, 11) is 0. The Morgan fingerprint density at radius 3 is 1.46 bits per heavy atom. The fraction of sp³-hybridized carbons (Fsp3) is 0.587. The summed E-state index contributed by atoms with van der Waals surface area (Å²) in [6, 6.07) is 31.7. The van der Waals surface area contributed by atoms with Crippen molar-refractivity contribution in [2.45, 2.75) is 412 Å². The summed E-state index contributed by atoms with van der Waals surface area (Å²) in [6.07, 6.45) is 40.0. The number of oxazole rings is 1. The topological polar surface area (TPSA) is 134 Å². The van der Waals surface area contributed by atoms with Crippen molar-refractivity contribution in [3.63, 3.8) is 0 Å². The van der Waals surface area contributed by atoms with E-state index in [0.29, 0.717) is 6.79 Å². The number of furan rings is 2. The van der Waals surface area contributed by atoms with Crippen LogP contribution in [0, 0.1) is 0 Å². The van der Waals surface area contributed by atoms with E-state index in [1.54, 1.807) is 61.5 Å². The van der Waals surface area contributed by atoms with Crippen LogP contribution < -0.4 is 14.8 Å². The van der Waals surface area contributed by atoms with E-state index in [0.717, 1.165) is 70.7 Å². The molecular formula is C109H194N6O5S4. The summed E-state index contributed by atoms with van der Waals surface area (Å²) in [5, 5.41) is 15.5. The average Bonchev–Trinajstić information content (AvgIpc) is 1.67. The molecule has 0 fully saturated rings. The number of ether oxygens (including phenoxy) is 2. The molecule has 124 heavy (non-hydrogen) atoms. The van der Waals surface area contributed by atoms with Gasteiger partial charge in [0.15, 0.2) is 17.9 Å². The number of nitrogens with zero attached hydrogens (tertiary/aromatic N) is 5. The van der Waals surface area contributed by atoms with Crippen LogP contribution in [0.3, 0.4) is 0 Å². The molecule has 0 saturated carbocycles. The van der Waals surface area contributed by atoms with E-state index >= 15 is 0 Å². The van der Waals surface area contributed by atoms with E-state index < -0.39 is 0 Å². The number of thioether (sulfide) groups is 2. The molecular weight excluding hydrogens is 1600 g/mol. The Kier molecular flexibility index (Phi) is 124. The number of hydrogen-bond acceptors (Lipinski definition) is 15. The molecule has 1 N–H and O–H groups in total. The van der Waals surface area contributed by atoms with Gasteiger partial charge in [-0.15, -0.1) is 34.4 Å². The van der Waals surface area contributed by atoms with Crippen LogP contribution in [0.15, 0.2) is 196 Å². The highest BCUT2D eigenvalue weighted by atomic mass is 32.2. The van der Waals surface area contributed by atoms with Gasteiger partial charge in [0.25, 0.3) is 0 Å². The second kappa shape index (κ2) is 112. The lowest BCUT2D eigenvalue weighted by molar-refractivity contribution is 0.174. The van der Waals surface area contributed by atoms with Crippen LogP contribution in [0.25, 0.3) is 21.9 Å². The lowest BCUT2D eigenvalue weighted by Gasteiger charge is -1.94. The van der Waals surface area contributed by atoms with Gasteiger partial charge in [-0.05, 0) is 192 Å². The highest BCUT2D eigenvalue weighted by Crippen LogP contribution is 2.42. The van der Waals surface area contributed by atoms with Gasteiger partial charge in [-0.2, -0.15) is 10.2 Å². The Morgan fingerprint density at radius 1 is 0.379 bits per heavy atom. The highest BCUT2D eigenvalue weighted by Gasteiger charge is 2.21. The van der Waals surface area contributed by atoms with Crippen LogP contribution in [0.4, 0.5) is 0 Å². The first-order chi connectivity index (χ1) is 61.7. The number of thiazole rings is 1. The summed E-state index contributed by atoms with van der Waals surface area (Å²) >= 11 is 7.65. The van der Waals surface area contributed by atoms with Crippen LogP contribution >= 0.6 is 46.2 Å². The monoisotopic (exact) mass is 1800 g/mol. The predicted octanol–water partition coefficient (Wildman–Crippen LogP) is 38.7. The van der Waals surface area contributed by atoms with Crippen LogP contribution in [0.2, 0.25) is 0 Å². The molecule has 4 aliphatic heterocycles. The van der Waals surface area contributed by atoms with Crippen molar-refractivity contribution in [2.24, 2.45) is 4.99 Å². The maximum Gasteiger partial charge on any atom is 0.231 e. The zero-order valence-corrected chi connectivity index (χ0v) is 91.1. The van der Waals surface area contributed by atoms with Gasteiger partial charge in [0.1, 0.15) is 17.1 Å². The molecule has 15 heteroatoms. The number of nitrogens with one attached hydrogen (secondary N) is 1. The fourth-order valence-corrected chi connectivity index (χ4v) is 15.5. The van der Waals surface area contributed by atoms with E-state index in [1.165, 1.54) is 160 Å². The van der Waals surface area contributed by atoms with E-state index in [-0.39, 0.29) is 0 Å². The van der Waals surface area contributed by atoms with Gasteiger partial charge in [-0.25, -0.2) is 9.97 Å². The van der Waals surface area contributed by atoms with Crippen molar-refractivity contribution in [2.75, 3.05) is 18.4 Å². The number of hydrogen-bond donors (Lipinski definition) is 1. The van der Waals surface area contributed by atoms with Gasteiger partial charge in [0.05, 0.1) is 51.3 Å². The van der Waals surface area contributed by atoms with Crippen molar-refractivity contribution in [1.29, 1.82) is 0 Å². The SMILES string of the molecule is C1=CC2=C(C1)CCC2.C1=NC2=C(C1)CCC2.C1CC2=C(S1)SCN2.CC.CC.CC.CC.CC.CC.CC.CC.CC.CC.CC.CC.CC.CC.CC.CC.CC.CC.CC.CC.c1cc2c(o1)CCC2.c1cc2c(s1)CCC2.c1ccc2c(c1)OCO2.c1ccc2nnccc2c1.c1ccc2occc2c1.c1nc2c(o1)CCC2.c1nc2c(s1)CCC2. The second-order valence-corrected chi connectivity index (χ2v) is 25.6. The molecule has 10 heterocycles. The van der Waals surface area contributed by atoms with Gasteiger partial charge in [-0.1, -0.05) is 355 Å². The van der Waals surface area contributed by atoms with E-state index in [4.69, 9.17) is 22.7 Å². The fourth-order valence-electron chi connectivity index (χ4n) is 11.4. The van der Waals surface area contributed by atoms with Crippen molar-refractivity contribution >= 4 is 74.3 Å². The number of fused-ring (bicyclic) bond motifs is 7. The average molecular weight is 1800 g/mol. The Bertz CT molecular complexity index is 3260. The van der Waals surface area contributed by atoms with Crippen LogP contribution in [0.1, 0.15) is 404 Å². The largest absolute Gasteiger partial charge is 0.469 e. The Labute approximate surface area is 785 Å². The Hall–Kier alpha value is -6.91. The zero-order chi connectivity index (χ0) is 96.8. The molecule has 3 aromatic carbocycles. The van der Waals surface area contributed by atoms with Crippen molar-refractivity contribution < 1.29 is 22.7 Å². The molecule has 0 atom stereocenters. The molecule has 7 aliphatic carbocycles. The molecule has 20 rings (SSSR count). The highest BCUT2D eigenvalue weighted by molar-refractivity contribution is 8.22. The second-order valence-electron chi connectivity index (χ2n) is 21.3. The van der Waals surface area contributed by atoms with Crippen LogP contribution in [0.5, 0.6) is 11.5 Å². The molecule has 0 spiro atoms. The smallest absolute Gasteiger partial charge is 0.231 e. The number of benzene rings is 3. The number of aliphatic imine (C=N–C) groups is 1. The summed E-state index contributed by atoms with van der Waals surface area (Å²) < 4.78 is 27.1. The van der Waals surface area contributed by atoms with Crippen LogP contribution in [-0.4, -0.2) is 44.8 Å². The molecule has 6 aromatic heterocycles. The first kappa shape index (κ1) is 138. The summed E-state index contributed by atoms with van der Waals surface area (Å²) in [5.74, 6) is 6.41. The van der Waals surface area contributed by atoms with Gasteiger partial charge in [0, 0.05) is 63.2 Å². The number of rotatable bonds is 0. The number of allylic oxidation sites excluding steroid dienone is 7. The van der Waals surface area contributed by atoms with Crippen molar-refractivity contribution in [3.05, 3.63) is 221 Å². The lowest BCUT2D eigenvalue weighted by atomic mass is 10.2. The molecule has 0 amide bonds. The van der Waals surface area contributed by atoms with E-state index in [9.17, 15) is 0 Å². The van der Waals surface area contributed by atoms with Crippen LogP contribution in [-0.2, 0) is 51.4 Å². The van der Waals surface area contributed by atoms with E-state index in [2.05, 4.69) is 60.1 Å². The molecule has 0 bridgehead atoms. The zero-order valence-electron chi connectivity index (χ0n) is 87.8. The molecule has 714 valence electrons. The number of thiophene rings is 1. The first-order valence-corrected chi connectivity index (χ1v) is 53.6. The summed E-state index contributed by atoms with van der Waals surface area (Å²) in [5.41, 5.74) is 17.3.